The van der Waals surface area contributed by atoms with Crippen LogP contribution in [0.5, 0.6) is 5.75 Å². The Bertz CT molecular complexity index is 461. The molecule has 1 unspecified atom stereocenters. The normalized spacial score (nSPS) is 18.3. The van der Waals surface area contributed by atoms with Gasteiger partial charge in [0.05, 0.1) is 0 Å². The predicted molar refractivity (Wildman–Crippen MR) is 69.0 cm³/mol. The lowest BCUT2D eigenvalue weighted by atomic mass is 10.1. The van der Waals surface area contributed by atoms with Gasteiger partial charge in [-0.2, -0.15) is 0 Å². The highest BCUT2D eigenvalue weighted by Gasteiger charge is 2.31. The van der Waals surface area contributed by atoms with Crippen LogP contribution in [0.15, 0.2) is 24.3 Å². The molecule has 1 aromatic rings. The fourth-order valence-corrected chi connectivity index (χ4v) is 2.14. The van der Waals surface area contributed by atoms with E-state index < -0.39 is 18.1 Å². The van der Waals surface area contributed by atoms with Crippen LogP contribution in [0.3, 0.4) is 0 Å². The van der Waals surface area contributed by atoms with E-state index in [0.29, 0.717) is 25.0 Å². The monoisotopic (exact) mass is 263 g/mol. The Morgan fingerprint density at radius 1 is 1.47 bits per heavy atom. The van der Waals surface area contributed by atoms with E-state index in [-0.39, 0.29) is 5.91 Å². The SMILES string of the molecule is CCC[C@@H](NC(=O)C1Cc2ccccc2O1)C(=O)O. The summed E-state index contributed by atoms with van der Waals surface area (Å²) in [4.78, 5) is 23.0. The summed E-state index contributed by atoms with van der Waals surface area (Å²) in [5.74, 6) is -0.673. The van der Waals surface area contributed by atoms with Gasteiger partial charge in [0, 0.05) is 6.42 Å². The zero-order valence-electron chi connectivity index (χ0n) is 10.8. The molecule has 0 aliphatic carbocycles. The molecule has 1 amide bonds. The van der Waals surface area contributed by atoms with Gasteiger partial charge >= 0.3 is 5.97 Å². The minimum atomic E-state index is -1.01. The largest absolute Gasteiger partial charge is 0.480 e. The maximum Gasteiger partial charge on any atom is 0.326 e. The molecule has 5 heteroatoms. The van der Waals surface area contributed by atoms with Gasteiger partial charge in [-0.05, 0) is 18.1 Å². The molecule has 0 spiro atoms. The minimum absolute atomic E-state index is 0.364. The number of amides is 1. The highest BCUT2D eigenvalue weighted by Crippen LogP contribution is 2.28. The first-order valence-electron chi connectivity index (χ1n) is 6.39. The van der Waals surface area contributed by atoms with Crippen molar-refractivity contribution in [3.63, 3.8) is 0 Å². The Balaban J connectivity index is 1.97. The predicted octanol–water partition coefficient (Wildman–Crippen LogP) is 1.36. The van der Waals surface area contributed by atoms with Crippen molar-refractivity contribution in [3.05, 3.63) is 29.8 Å². The average Bonchev–Trinajstić information content (AvgIpc) is 2.81. The first-order valence-corrected chi connectivity index (χ1v) is 6.39. The second kappa shape index (κ2) is 5.73. The maximum absolute atomic E-state index is 12.0. The standard InChI is InChI=1S/C14H17NO4/c1-2-5-10(14(17)18)15-13(16)12-8-9-6-3-4-7-11(9)19-12/h3-4,6-7,10,12H,2,5,8H2,1H3,(H,15,16)(H,17,18)/t10-,12?/m1/s1. The second-order valence-electron chi connectivity index (χ2n) is 4.61. The first kappa shape index (κ1) is 13.4. The van der Waals surface area contributed by atoms with E-state index in [4.69, 9.17) is 9.84 Å². The van der Waals surface area contributed by atoms with Gasteiger partial charge in [0.2, 0.25) is 0 Å². The van der Waals surface area contributed by atoms with Crippen molar-refractivity contribution in [1.29, 1.82) is 0 Å². The molecule has 0 aromatic heterocycles. The number of carboxylic acids is 1. The summed E-state index contributed by atoms with van der Waals surface area (Å²) in [6.45, 7) is 1.88. The number of nitrogens with one attached hydrogen (secondary N) is 1. The molecule has 102 valence electrons. The molecule has 2 N–H and O–H groups in total. The van der Waals surface area contributed by atoms with Crippen molar-refractivity contribution >= 4 is 11.9 Å². The fraction of sp³-hybridized carbons (Fsp3) is 0.429. The van der Waals surface area contributed by atoms with Gasteiger partial charge in [0.25, 0.3) is 5.91 Å². The second-order valence-corrected chi connectivity index (χ2v) is 4.61. The van der Waals surface area contributed by atoms with Crippen molar-refractivity contribution in [1.82, 2.24) is 5.32 Å². The van der Waals surface area contributed by atoms with E-state index in [0.717, 1.165) is 5.56 Å². The lowest BCUT2D eigenvalue weighted by Gasteiger charge is -2.16. The van der Waals surface area contributed by atoms with E-state index in [1.165, 1.54) is 0 Å². The summed E-state index contributed by atoms with van der Waals surface area (Å²) < 4.78 is 5.52. The molecule has 1 aliphatic rings. The highest BCUT2D eigenvalue weighted by molar-refractivity contribution is 5.87. The van der Waals surface area contributed by atoms with Crippen LogP contribution in [-0.2, 0) is 16.0 Å². The van der Waals surface area contributed by atoms with Crippen LogP contribution in [0.4, 0.5) is 0 Å². The Morgan fingerprint density at radius 2 is 2.21 bits per heavy atom. The number of rotatable bonds is 5. The molecule has 0 bridgehead atoms. The van der Waals surface area contributed by atoms with E-state index in [1.54, 1.807) is 0 Å². The Hall–Kier alpha value is -2.04. The highest BCUT2D eigenvalue weighted by atomic mass is 16.5. The number of ether oxygens (including phenoxy) is 1. The minimum Gasteiger partial charge on any atom is -0.480 e. The van der Waals surface area contributed by atoms with E-state index in [2.05, 4.69) is 5.32 Å². The first-order chi connectivity index (χ1) is 9.11. The van der Waals surface area contributed by atoms with Crippen LogP contribution in [0, 0.1) is 0 Å². The van der Waals surface area contributed by atoms with Crippen molar-refractivity contribution in [2.45, 2.75) is 38.3 Å². The molecule has 0 saturated carbocycles. The summed E-state index contributed by atoms with van der Waals surface area (Å²) in [6.07, 6.45) is 0.973. The van der Waals surface area contributed by atoms with Crippen molar-refractivity contribution < 1.29 is 19.4 Å². The van der Waals surface area contributed by atoms with Crippen LogP contribution < -0.4 is 10.1 Å². The topological polar surface area (TPSA) is 75.6 Å². The number of para-hydroxylation sites is 1. The molecule has 0 radical (unpaired) electrons. The van der Waals surface area contributed by atoms with Crippen LogP contribution in [-0.4, -0.2) is 29.1 Å². The third kappa shape index (κ3) is 3.05. The molecule has 0 fully saturated rings. The summed E-state index contributed by atoms with van der Waals surface area (Å²) in [7, 11) is 0. The molecule has 1 aromatic carbocycles. The Morgan fingerprint density at radius 3 is 2.84 bits per heavy atom. The number of aliphatic carboxylic acids is 1. The molecule has 0 saturated heterocycles. The van der Waals surface area contributed by atoms with Gasteiger partial charge in [0.1, 0.15) is 11.8 Å². The molecular formula is C14H17NO4. The average molecular weight is 263 g/mol. The number of carbonyl (C=O) groups excluding carboxylic acids is 1. The van der Waals surface area contributed by atoms with Gasteiger partial charge in [-0.1, -0.05) is 31.5 Å². The smallest absolute Gasteiger partial charge is 0.326 e. The molecular weight excluding hydrogens is 246 g/mol. The third-order valence-electron chi connectivity index (χ3n) is 3.13. The van der Waals surface area contributed by atoms with Gasteiger partial charge in [-0.3, -0.25) is 4.79 Å². The third-order valence-corrected chi connectivity index (χ3v) is 3.13. The molecule has 2 atom stereocenters. The number of hydrogen-bond donors (Lipinski definition) is 2. The quantitative estimate of drug-likeness (QED) is 0.841. The van der Waals surface area contributed by atoms with Crippen LogP contribution >= 0.6 is 0 Å². The van der Waals surface area contributed by atoms with Crippen LogP contribution in [0.2, 0.25) is 0 Å². The van der Waals surface area contributed by atoms with Crippen molar-refractivity contribution in [2.75, 3.05) is 0 Å². The van der Waals surface area contributed by atoms with E-state index >= 15 is 0 Å². The molecule has 2 rings (SSSR count). The number of carboxylic acid groups (broad SMARTS) is 1. The van der Waals surface area contributed by atoms with Gasteiger partial charge in [-0.15, -0.1) is 0 Å². The summed E-state index contributed by atoms with van der Waals surface area (Å²) in [5.41, 5.74) is 0.977. The molecule has 5 nitrogen and oxygen atoms in total. The van der Waals surface area contributed by atoms with Crippen molar-refractivity contribution in [2.24, 2.45) is 0 Å². The zero-order valence-corrected chi connectivity index (χ0v) is 10.8. The molecule has 19 heavy (non-hydrogen) atoms. The number of hydrogen-bond acceptors (Lipinski definition) is 3. The van der Waals surface area contributed by atoms with E-state index in [1.807, 2.05) is 31.2 Å². The summed E-state index contributed by atoms with van der Waals surface area (Å²) in [5, 5.41) is 11.5. The summed E-state index contributed by atoms with van der Waals surface area (Å²) >= 11 is 0. The Labute approximate surface area is 111 Å². The number of carbonyl (C=O) groups is 2. The number of benzene rings is 1. The van der Waals surface area contributed by atoms with Crippen LogP contribution in [0.25, 0.3) is 0 Å². The van der Waals surface area contributed by atoms with Gasteiger partial charge in [-0.25, -0.2) is 4.79 Å². The van der Waals surface area contributed by atoms with Gasteiger partial charge < -0.3 is 15.2 Å². The Kier molecular flexibility index (Phi) is 4.04. The lowest BCUT2D eigenvalue weighted by molar-refractivity contribution is -0.143. The molecule has 1 heterocycles. The van der Waals surface area contributed by atoms with Gasteiger partial charge in [0.15, 0.2) is 6.10 Å². The number of fused-ring (bicyclic) bond motifs is 1. The van der Waals surface area contributed by atoms with Crippen molar-refractivity contribution in [3.8, 4) is 5.75 Å². The lowest BCUT2D eigenvalue weighted by Crippen LogP contribution is -2.46. The molecule has 1 aliphatic heterocycles. The van der Waals surface area contributed by atoms with E-state index in [9.17, 15) is 9.59 Å². The van der Waals surface area contributed by atoms with Crippen LogP contribution in [0.1, 0.15) is 25.3 Å². The fourth-order valence-electron chi connectivity index (χ4n) is 2.14. The zero-order chi connectivity index (χ0) is 13.8. The summed E-state index contributed by atoms with van der Waals surface area (Å²) in [6, 6.07) is 6.60. The maximum atomic E-state index is 12.0.